The summed E-state index contributed by atoms with van der Waals surface area (Å²) in [5.74, 6) is 0.570. The van der Waals surface area contributed by atoms with Gasteiger partial charge in [-0.3, -0.25) is 4.99 Å². The molecule has 0 bridgehead atoms. The third kappa shape index (κ3) is 6.10. The largest absolute Gasteiger partial charge is 0.511 e. The molecule has 1 saturated heterocycles. The first-order valence-electron chi connectivity index (χ1n) is 8.81. The molecule has 1 aromatic carbocycles. The number of nitrogens with one attached hydrogen (secondary N) is 2. The van der Waals surface area contributed by atoms with Crippen molar-refractivity contribution < 1.29 is 21.6 Å². The number of halogens is 3. The molecule has 0 amide bonds. The summed E-state index contributed by atoms with van der Waals surface area (Å²) in [6.07, 6.45) is 2.42. The van der Waals surface area contributed by atoms with Crippen molar-refractivity contribution in [1.82, 2.24) is 14.9 Å². The van der Waals surface area contributed by atoms with Gasteiger partial charge in [-0.1, -0.05) is 30.3 Å². The number of benzene rings is 1. The molecule has 152 valence electrons. The van der Waals surface area contributed by atoms with Crippen molar-refractivity contribution >= 4 is 16.0 Å². The number of hydrogen-bond acceptors (Lipinski definition) is 3. The van der Waals surface area contributed by atoms with Crippen molar-refractivity contribution in [3.8, 4) is 0 Å². The average molecular weight is 406 g/mol. The van der Waals surface area contributed by atoms with Crippen LogP contribution in [0, 0.1) is 0 Å². The molecule has 0 unspecified atom stereocenters. The van der Waals surface area contributed by atoms with E-state index in [-0.39, 0.29) is 19.1 Å². The first-order valence-corrected chi connectivity index (χ1v) is 10.3. The quantitative estimate of drug-likeness (QED) is 0.431. The van der Waals surface area contributed by atoms with Gasteiger partial charge in [-0.2, -0.15) is 17.5 Å². The highest BCUT2D eigenvalue weighted by molar-refractivity contribution is 7.90. The lowest BCUT2D eigenvalue weighted by atomic mass is 10.1. The Labute approximate surface area is 157 Å². The maximum absolute atomic E-state index is 12.6. The van der Waals surface area contributed by atoms with Gasteiger partial charge in [-0.25, -0.2) is 8.42 Å². The van der Waals surface area contributed by atoms with E-state index in [1.807, 2.05) is 18.2 Å². The van der Waals surface area contributed by atoms with Crippen LogP contribution in [-0.2, 0) is 16.4 Å². The maximum atomic E-state index is 12.6. The summed E-state index contributed by atoms with van der Waals surface area (Å²) < 4.78 is 61.2. The van der Waals surface area contributed by atoms with Crippen molar-refractivity contribution in [2.45, 2.75) is 37.2 Å². The predicted octanol–water partition coefficient (Wildman–Crippen LogP) is 2.10. The normalized spacial score (nSPS) is 17.7. The molecule has 2 N–H and O–H groups in total. The molecule has 1 fully saturated rings. The van der Waals surface area contributed by atoms with Gasteiger partial charge in [0.2, 0.25) is 0 Å². The molecule has 1 aromatic rings. The van der Waals surface area contributed by atoms with E-state index in [0.29, 0.717) is 29.7 Å². The minimum absolute atomic E-state index is 0.120. The van der Waals surface area contributed by atoms with Crippen molar-refractivity contribution in [1.29, 1.82) is 0 Å². The molecular weight excluding hydrogens is 381 g/mol. The summed E-state index contributed by atoms with van der Waals surface area (Å²) in [4.78, 5) is 4.12. The van der Waals surface area contributed by atoms with Crippen molar-refractivity contribution in [3.63, 3.8) is 0 Å². The molecule has 0 atom stereocenters. The van der Waals surface area contributed by atoms with E-state index in [1.54, 1.807) is 7.05 Å². The second-order valence-corrected chi connectivity index (χ2v) is 8.29. The minimum Gasteiger partial charge on any atom is -0.356 e. The lowest BCUT2D eigenvalue weighted by Gasteiger charge is -2.32. The first kappa shape index (κ1) is 21.5. The molecule has 1 aliphatic heterocycles. The highest BCUT2D eigenvalue weighted by atomic mass is 32.2. The second-order valence-electron chi connectivity index (χ2n) is 6.36. The number of alkyl halides is 3. The number of rotatable bonds is 6. The first-order chi connectivity index (χ1) is 12.7. The molecule has 0 spiro atoms. The van der Waals surface area contributed by atoms with Crippen LogP contribution < -0.4 is 10.6 Å². The summed E-state index contributed by atoms with van der Waals surface area (Å²) in [6, 6.07) is 9.97. The van der Waals surface area contributed by atoms with Gasteiger partial charge in [0.1, 0.15) is 0 Å². The Balaban J connectivity index is 1.73. The van der Waals surface area contributed by atoms with Crippen LogP contribution in [0.2, 0.25) is 0 Å². The van der Waals surface area contributed by atoms with Crippen LogP contribution in [0.4, 0.5) is 13.2 Å². The van der Waals surface area contributed by atoms with Gasteiger partial charge in [0.25, 0.3) is 0 Å². The Hall–Kier alpha value is -1.81. The third-order valence-corrected chi connectivity index (χ3v) is 6.06. The topological polar surface area (TPSA) is 73.8 Å². The fraction of sp³-hybridized carbons (Fsp3) is 0.588. The Morgan fingerprint density at radius 1 is 1.22 bits per heavy atom. The highest BCUT2D eigenvalue weighted by Gasteiger charge is 2.50. The van der Waals surface area contributed by atoms with E-state index in [2.05, 4.69) is 27.8 Å². The fourth-order valence-electron chi connectivity index (χ4n) is 2.92. The number of nitrogens with zero attached hydrogens (tertiary/aromatic N) is 2. The summed E-state index contributed by atoms with van der Waals surface area (Å²) in [7, 11) is -3.62. The van der Waals surface area contributed by atoms with Gasteiger partial charge < -0.3 is 10.6 Å². The molecule has 27 heavy (non-hydrogen) atoms. The number of piperidine rings is 1. The Kier molecular flexibility index (Phi) is 7.49. The van der Waals surface area contributed by atoms with Crippen molar-refractivity contribution in [3.05, 3.63) is 35.9 Å². The Bertz CT molecular complexity index is 715. The lowest BCUT2D eigenvalue weighted by molar-refractivity contribution is -0.0494. The Morgan fingerprint density at radius 2 is 1.85 bits per heavy atom. The predicted molar refractivity (Wildman–Crippen MR) is 98.8 cm³/mol. The van der Waals surface area contributed by atoms with E-state index in [4.69, 9.17) is 0 Å². The zero-order valence-electron chi connectivity index (χ0n) is 15.2. The molecule has 0 radical (unpaired) electrons. The zero-order valence-corrected chi connectivity index (χ0v) is 16.0. The fourth-order valence-corrected chi connectivity index (χ4v) is 3.90. The van der Waals surface area contributed by atoms with E-state index in [0.717, 1.165) is 12.8 Å². The Morgan fingerprint density at radius 3 is 2.41 bits per heavy atom. The van der Waals surface area contributed by atoms with Crippen LogP contribution in [0.1, 0.15) is 24.8 Å². The van der Waals surface area contributed by atoms with Crippen molar-refractivity contribution in [2.24, 2.45) is 4.99 Å². The van der Waals surface area contributed by atoms with E-state index < -0.39 is 15.5 Å². The molecule has 6 nitrogen and oxygen atoms in total. The monoisotopic (exact) mass is 406 g/mol. The second kappa shape index (κ2) is 9.41. The number of aliphatic imine (C=N–C) groups is 1. The van der Waals surface area contributed by atoms with Gasteiger partial charge in [0.05, 0.1) is 0 Å². The number of aryl methyl sites for hydroxylation is 1. The average Bonchev–Trinajstić information content (AvgIpc) is 2.64. The summed E-state index contributed by atoms with van der Waals surface area (Å²) in [6.45, 7) is 0.380. The van der Waals surface area contributed by atoms with Gasteiger partial charge in [-0.15, -0.1) is 0 Å². The van der Waals surface area contributed by atoms with Crippen molar-refractivity contribution in [2.75, 3.05) is 26.7 Å². The van der Waals surface area contributed by atoms with E-state index in [1.165, 1.54) is 5.56 Å². The molecule has 0 saturated carbocycles. The van der Waals surface area contributed by atoms with Gasteiger partial charge in [0.15, 0.2) is 5.96 Å². The minimum atomic E-state index is -5.25. The van der Waals surface area contributed by atoms with Crippen LogP contribution in [0.25, 0.3) is 0 Å². The molecule has 0 aliphatic carbocycles. The van der Waals surface area contributed by atoms with Gasteiger partial charge >= 0.3 is 15.5 Å². The van der Waals surface area contributed by atoms with Gasteiger partial charge in [-0.05, 0) is 31.2 Å². The highest BCUT2D eigenvalue weighted by Crippen LogP contribution is 2.28. The maximum Gasteiger partial charge on any atom is 0.511 e. The summed E-state index contributed by atoms with van der Waals surface area (Å²) in [5, 5.41) is 6.33. The smallest absolute Gasteiger partial charge is 0.356 e. The van der Waals surface area contributed by atoms with Crippen LogP contribution in [0.3, 0.4) is 0 Å². The summed E-state index contributed by atoms with van der Waals surface area (Å²) in [5.41, 5.74) is -4.00. The standard InChI is InChI=1S/C17H25F3N4O2S/c1-21-16(22-11-5-8-14-6-3-2-4-7-14)23-15-9-12-24(13-10-15)27(25,26)17(18,19)20/h2-4,6-7,15H,5,8-13H2,1H3,(H2,21,22,23). The lowest BCUT2D eigenvalue weighted by Crippen LogP contribution is -2.51. The molecule has 0 aromatic heterocycles. The van der Waals surface area contributed by atoms with E-state index in [9.17, 15) is 21.6 Å². The molecule has 10 heteroatoms. The van der Waals surface area contributed by atoms with Gasteiger partial charge in [0, 0.05) is 32.7 Å². The van der Waals surface area contributed by atoms with Crippen LogP contribution in [0.15, 0.2) is 35.3 Å². The van der Waals surface area contributed by atoms with Crippen LogP contribution in [0.5, 0.6) is 0 Å². The number of hydrogen-bond donors (Lipinski definition) is 2. The van der Waals surface area contributed by atoms with E-state index >= 15 is 0 Å². The SMILES string of the molecule is CN=C(NCCCc1ccccc1)NC1CCN(S(=O)(=O)C(F)(F)F)CC1. The molecule has 1 aliphatic rings. The number of guanidine groups is 1. The van der Waals surface area contributed by atoms with Crippen LogP contribution in [-0.4, -0.2) is 56.9 Å². The summed E-state index contributed by atoms with van der Waals surface area (Å²) >= 11 is 0. The third-order valence-electron chi connectivity index (χ3n) is 4.43. The van der Waals surface area contributed by atoms with Crippen LogP contribution >= 0.6 is 0 Å². The molecule has 2 rings (SSSR count). The molecular formula is C17H25F3N4O2S. The zero-order chi connectivity index (χ0) is 19.9. The number of sulfonamides is 1. The molecule has 1 heterocycles.